The molecule has 3 aliphatic rings. The predicted octanol–water partition coefficient (Wildman–Crippen LogP) is 2.63. The van der Waals surface area contributed by atoms with Crippen LogP contribution in [0.4, 0.5) is 9.18 Å². The molecule has 0 aromatic heterocycles. The monoisotopic (exact) mass is 398 g/mol. The largest absolute Gasteiger partial charge is 0.486 e. The molecule has 0 saturated carbocycles. The van der Waals surface area contributed by atoms with Crippen molar-refractivity contribution in [2.24, 2.45) is 5.92 Å². The number of rotatable bonds is 5. The molecule has 0 bridgehead atoms. The van der Waals surface area contributed by atoms with Crippen LogP contribution in [-0.2, 0) is 4.74 Å². The summed E-state index contributed by atoms with van der Waals surface area (Å²) in [5, 5.41) is 0. The second kappa shape index (κ2) is 9.01. The van der Waals surface area contributed by atoms with Crippen LogP contribution in [-0.4, -0.2) is 67.9 Å². The molecule has 0 N–H and O–H groups in total. The molecule has 0 aliphatic carbocycles. The van der Waals surface area contributed by atoms with E-state index in [-0.39, 0.29) is 31.5 Å². The minimum absolute atomic E-state index is 0. The van der Waals surface area contributed by atoms with Crippen LogP contribution in [0.25, 0.3) is 0 Å². The number of fused-ring (bicyclic) bond motifs is 1. The molecule has 1 atom stereocenters. The molecule has 6 nitrogen and oxygen atoms in total. The van der Waals surface area contributed by atoms with Crippen LogP contribution >= 0.6 is 13.5 Å². The average Bonchev–Trinajstić information content (AvgIpc) is 3.06. The van der Waals surface area contributed by atoms with E-state index in [1.165, 1.54) is 12.1 Å². The maximum atomic E-state index is 13.4. The van der Waals surface area contributed by atoms with Crippen molar-refractivity contribution < 1.29 is 23.4 Å². The van der Waals surface area contributed by atoms with Gasteiger partial charge in [-0.2, -0.15) is 13.5 Å². The molecule has 1 amide bonds. The highest BCUT2D eigenvalue weighted by atomic mass is 32.1. The number of ether oxygens (including phenoxy) is 3. The lowest BCUT2D eigenvalue weighted by molar-refractivity contribution is 0.0464. The second-order valence-electron chi connectivity index (χ2n) is 7.28. The Morgan fingerprint density at radius 2 is 1.93 bits per heavy atom. The fourth-order valence-electron chi connectivity index (χ4n) is 3.89. The lowest BCUT2D eigenvalue weighted by Crippen LogP contribution is -2.44. The van der Waals surface area contributed by atoms with Crippen LogP contribution in [0, 0.1) is 11.7 Å². The van der Waals surface area contributed by atoms with Crippen molar-refractivity contribution in [3.8, 4) is 11.5 Å². The first-order valence-electron chi connectivity index (χ1n) is 9.40. The quantitative estimate of drug-likeness (QED) is 0.763. The van der Waals surface area contributed by atoms with Gasteiger partial charge in [-0.25, -0.2) is 9.18 Å². The van der Waals surface area contributed by atoms with Crippen molar-refractivity contribution in [3.05, 3.63) is 24.0 Å². The van der Waals surface area contributed by atoms with Gasteiger partial charge in [-0.3, -0.25) is 4.90 Å². The summed E-state index contributed by atoms with van der Waals surface area (Å²) in [4.78, 5) is 15.7. The molecule has 1 aromatic rings. The summed E-state index contributed by atoms with van der Waals surface area (Å²) in [5.74, 6) is 1.45. The van der Waals surface area contributed by atoms with Crippen molar-refractivity contribution in [2.45, 2.75) is 25.4 Å². The van der Waals surface area contributed by atoms with Crippen LogP contribution in [0.15, 0.2) is 18.2 Å². The topological polar surface area (TPSA) is 51.2 Å². The summed E-state index contributed by atoms with van der Waals surface area (Å²) >= 11 is 0. The molecule has 0 radical (unpaired) electrons. The molecular formula is C19H27FN2O4S. The van der Waals surface area contributed by atoms with E-state index in [9.17, 15) is 9.18 Å². The third-order valence-corrected chi connectivity index (χ3v) is 5.45. The Bertz CT molecular complexity index is 655. The number of likely N-dealkylation sites (tertiary alicyclic amines) is 1. The van der Waals surface area contributed by atoms with Gasteiger partial charge >= 0.3 is 6.09 Å². The lowest BCUT2D eigenvalue weighted by atomic mass is 9.93. The SMILES string of the molecule is O=C1OCCN1CCC1CCN(C[C@H]2COc3ccc(F)cc3O2)CC1.S. The second-order valence-corrected chi connectivity index (χ2v) is 7.28. The van der Waals surface area contributed by atoms with Gasteiger partial charge < -0.3 is 19.1 Å². The van der Waals surface area contributed by atoms with E-state index in [4.69, 9.17) is 14.2 Å². The Morgan fingerprint density at radius 3 is 2.67 bits per heavy atom. The molecule has 3 aliphatic heterocycles. The van der Waals surface area contributed by atoms with Crippen LogP contribution in [0.5, 0.6) is 11.5 Å². The zero-order valence-corrected chi connectivity index (χ0v) is 16.4. The summed E-state index contributed by atoms with van der Waals surface area (Å²) in [7, 11) is 0. The molecule has 150 valence electrons. The highest BCUT2D eigenvalue weighted by Gasteiger charge is 2.28. The first-order valence-corrected chi connectivity index (χ1v) is 9.40. The highest BCUT2D eigenvalue weighted by Crippen LogP contribution is 2.32. The number of piperidine rings is 1. The van der Waals surface area contributed by atoms with Crippen molar-refractivity contribution in [1.29, 1.82) is 0 Å². The van der Waals surface area contributed by atoms with Crippen molar-refractivity contribution in [1.82, 2.24) is 9.80 Å². The first-order chi connectivity index (χ1) is 12.7. The Hall–Kier alpha value is -1.67. The summed E-state index contributed by atoms with van der Waals surface area (Å²) < 4.78 is 29.9. The van der Waals surface area contributed by atoms with Gasteiger partial charge in [0.1, 0.15) is 25.1 Å². The number of benzene rings is 1. The number of carbonyl (C=O) groups is 1. The number of hydrogen-bond acceptors (Lipinski definition) is 5. The van der Waals surface area contributed by atoms with E-state index in [1.54, 1.807) is 11.0 Å². The number of nitrogens with zero attached hydrogens (tertiary/aromatic N) is 2. The van der Waals surface area contributed by atoms with Gasteiger partial charge in [0.05, 0.1) is 6.54 Å². The smallest absolute Gasteiger partial charge is 0.409 e. The average molecular weight is 399 g/mol. The van der Waals surface area contributed by atoms with Crippen LogP contribution in [0.1, 0.15) is 19.3 Å². The molecule has 0 unspecified atom stereocenters. The number of amides is 1. The van der Waals surface area contributed by atoms with Crippen LogP contribution in [0.2, 0.25) is 0 Å². The molecule has 27 heavy (non-hydrogen) atoms. The van der Waals surface area contributed by atoms with Gasteiger partial charge in [-0.15, -0.1) is 0 Å². The number of hydrogen-bond donors (Lipinski definition) is 0. The van der Waals surface area contributed by atoms with Crippen LogP contribution < -0.4 is 9.47 Å². The van der Waals surface area contributed by atoms with Crippen molar-refractivity contribution in [3.63, 3.8) is 0 Å². The Morgan fingerprint density at radius 1 is 1.11 bits per heavy atom. The number of cyclic esters (lactones) is 1. The Labute approximate surface area is 166 Å². The molecule has 2 saturated heterocycles. The minimum atomic E-state index is -0.310. The van der Waals surface area contributed by atoms with E-state index in [0.29, 0.717) is 30.6 Å². The third-order valence-electron chi connectivity index (χ3n) is 5.45. The minimum Gasteiger partial charge on any atom is -0.486 e. The number of carbonyl (C=O) groups excluding carboxylic acids is 1. The van der Waals surface area contributed by atoms with E-state index in [0.717, 1.165) is 52.0 Å². The molecule has 1 aromatic carbocycles. The van der Waals surface area contributed by atoms with Gasteiger partial charge in [-0.05, 0) is 50.4 Å². The summed E-state index contributed by atoms with van der Waals surface area (Å²) in [6, 6.07) is 4.38. The predicted molar refractivity (Wildman–Crippen MR) is 103 cm³/mol. The Kier molecular flexibility index (Phi) is 6.70. The van der Waals surface area contributed by atoms with E-state index < -0.39 is 0 Å². The van der Waals surface area contributed by atoms with E-state index in [2.05, 4.69) is 4.90 Å². The maximum Gasteiger partial charge on any atom is 0.409 e. The Balaban J connectivity index is 0.00000210. The third kappa shape index (κ3) is 4.99. The van der Waals surface area contributed by atoms with E-state index in [1.807, 2.05) is 0 Å². The normalized spacial score (nSPS) is 23.1. The summed E-state index contributed by atoms with van der Waals surface area (Å²) in [6.07, 6.45) is 3.05. The molecule has 4 rings (SSSR count). The highest BCUT2D eigenvalue weighted by molar-refractivity contribution is 7.59. The molecule has 3 heterocycles. The lowest BCUT2D eigenvalue weighted by Gasteiger charge is -2.36. The molecule has 2 fully saturated rings. The van der Waals surface area contributed by atoms with Gasteiger partial charge in [0.25, 0.3) is 0 Å². The standard InChI is InChI=1S/C19H25FN2O4.H2S/c20-15-1-2-17-18(11-15)26-16(13-25-17)12-21-6-3-14(4-7-21)5-8-22-9-10-24-19(22)23;/h1-2,11,14,16H,3-10,12-13H2;1H2/t16-;/m0./s1. The summed E-state index contributed by atoms with van der Waals surface area (Å²) in [5.41, 5.74) is 0. The van der Waals surface area contributed by atoms with Gasteiger partial charge in [0, 0.05) is 19.2 Å². The van der Waals surface area contributed by atoms with Crippen molar-refractivity contribution in [2.75, 3.05) is 45.9 Å². The van der Waals surface area contributed by atoms with Crippen LogP contribution in [0.3, 0.4) is 0 Å². The maximum absolute atomic E-state index is 13.4. The fourth-order valence-corrected chi connectivity index (χ4v) is 3.89. The van der Waals surface area contributed by atoms with E-state index >= 15 is 0 Å². The molecular weight excluding hydrogens is 371 g/mol. The van der Waals surface area contributed by atoms with Crippen molar-refractivity contribution >= 4 is 19.6 Å². The summed E-state index contributed by atoms with van der Waals surface area (Å²) in [6.45, 7) is 5.37. The zero-order valence-electron chi connectivity index (χ0n) is 15.4. The van der Waals surface area contributed by atoms with Gasteiger partial charge in [0.2, 0.25) is 0 Å². The molecule has 0 spiro atoms. The van der Waals surface area contributed by atoms with Gasteiger partial charge in [-0.1, -0.05) is 0 Å². The first kappa shape index (κ1) is 20.1. The zero-order chi connectivity index (χ0) is 17.9. The van der Waals surface area contributed by atoms with Gasteiger partial charge in [0.15, 0.2) is 11.5 Å². The number of halogens is 1. The molecule has 8 heteroatoms. The fraction of sp³-hybridized carbons (Fsp3) is 0.632.